The molecule has 0 bridgehead atoms. The average Bonchev–Trinajstić information content (AvgIpc) is 3.77. The minimum Gasteiger partial charge on any atom is -0.474 e. The second-order valence-corrected chi connectivity index (χ2v) is 14.8. The van der Waals surface area contributed by atoms with E-state index in [2.05, 4.69) is 38.9 Å². The van der Waals surface area contributed by atoms with Gasteiger partial charge in [-0.05, 0) is 115 Å². The highest BCUT2D eigenvalue weighted by Gasteiger charge is 2.28. The summed E-state index contributed by atoms with van der Waals surface area (Å²) in [6.07, 6.45) is 20.0. The second kappa shape index (κ2) is 13.3. The number of rotatable bonds is 5. The number of aromatic nitrogens is 4. The molecule has 0 atom stereocenters. The zero-order chi connectivity index (χ0) is 28.6. The third-order valence-electron chi connectivity index (χ3n) is 9.58. The van der Waals surface area contributed by atoms with E-state index in [1.807, 2.05) is 22.7 Å². The van der Waals surface area contributed by atoms with Crippen LogP contribution in [0.1, 0.15) is 92.5 Å². The largest absolute Gasteiger partial charge is 0.474 e. The molecule has 0 saturated heterocycles. The summed E-state index contributed by atoms with van der Waals surface area (Å²) in [6.45, 7) is 0. The maximum Gasteiger partial charge on any atom is 0.225 e. The van der Waals surface area contributed by atoms with Crippen molar-refractivity contribution in [2.75, 3.05) is 14.1 Å². The van der Waals surface area contributed by atoms with Crippen molar-refractivity contribution in [3.63, 3.8) is 0 Å². The normalized spacial score (nSPS) is 24.7. The molecule has 43 heavy (non-hydrogen) atoms. The summed E-state index contributed by atoms with van der Waals surface area (Å²) < 4.78 is 12.5. The van der Waals surface area contributed by atoms with Crippen LogP contribution in [0.15, 0.2) is 12.7 Å². The van der Waals surface area contributed by atoms with Crippen LogP contribution in [-0.2, 0) is 25.7 Å². The number of fused-ring (bicyclic) bond motifs is 6. The number of nitrogens with two attached hydrogens (primary N) is 1. The van der Waals surface area contributed by atoms with Gasteiger partial charge in [-0.1, -0.05) is 7.43 Å². The first-order chi connectivity index (χ1) is 20.5. The molecule has 0 aromatic carbocycles. The zero-order valence-corrected chi connectivity index (χ0v) is 26.4. The van der Waals surface area contributed by atoms with Crippen molar-refractivity contribution < 1.29 is 9.47 Å². The van der Waals surface area contributed by atoms with Gasteiger partial charge in [0.1, 0.15) is 34.5 Å². The highest BCUT2D eigenvalue weighted by molar-refractivity contribution is 7.19. The minimum atomic E-state index is 0. The van der Waals surface area contributed by atoms with Crippen molar-refractivity contribution in [2.45, 2.75) is 122 Å². The molecule has 4 aliphatic carbocycles. The first kappa shape index (κ1) is 30.6. The summed E-state index contributed by atoms with van der Waals surface area (Å²) in [6, 6.07) is 1.06. The Morgan fingerprint density at radius 1 is 0.674 bits per heavy atom. The van der Waals surface area contributed by atoms with Gasteiger partial charge in [0.15, 0.2) is 0 Å². The number of nitrogens with zero attached hydrogens (tertiary/aromatic N) is 5. The Kier molecular flexibility index (Phi) is 9.47. The molecule has 0 unspecified atom stereocenters. The van der Waals surface area contributed by atoms with Crippen molar-refractivity contribution in [3.05, 3.63) is 33.5 Å². The number of hydrogen-bond donors (Lipinski definition) is 1. The van der Waals surface area contributed by atoms with Crippen LogP contribution in [0, 0.1) is 0 Å². The predicted molar refractivity (Wildman–Crippen MR) is 177 cm³/mol. The van der Waals surface area contributed by atoms with Crippen molar-refractivity contribution >= 4 is 43.1 Å². The van der Waals surface area contributed by atoms with Gasteiger partial charge >= 0.3 is 0 Å². The zero-order valence-electron chi connectivity index (χ0n) is 24.8. The Balaban J connectivity index is 0.000000150. The van der Waals surface area contributed by atoms with Gasteiger partial charge in [0.2, 0.25) is 11.8 Å². The smallest absolute Gasteiger partial charge is 0.225 e. The highest BCUT2D eigenvalue weighted by Crippen LogP contribution is 2.42. The Morgan fingerprint density at radius 3 is 1.60 bits per heavy atom. The molecular weight excluding hydrogens is 577 g/mol. The van der Waals surface area contributed by atoms with Gasteiger partial charge in [0, 0.05) is 21.8 Å². The van der Waals surface area contributed by atoms with Crippen molar-refractivity contribution in [1.29, 1.82) is 0 Å². The molecule has 4 heterocycles. The molecule has 0 spiro atoms. The van der Waals surface area contributed by atoms with E-state index in [-0.39, 0.29) is 13.5 Å². The van der Waals surface area contributed by atoms with Crippen LogP contribution in [0.2, 0.25) is 0 Å². The van der Waals surface area contributed by atoms with E-state index in [4.69, 9.17) is 15.2 Å². The first-order valence-corrected chi connectivity index (χ1v) is 17.4. The van der Waals surface area contributed by atoms with Gasteiger partial charge in [0.05, 0.1) is 10.8 Å². The molecule has 8 nitrogen and oxygen atoms in total. The van der Waals surface area contributed by atoms with Crippen molar-refractivity contribution in [3.8, 4) is 11.8 Å². The molecule has 10 heteroatoms. The fraction of sp³-hybridized carbons (Fsp3) is 0.636. The molecule has 2 saturated carbocycles. The van der Waals surface area contributed by atoms with Gasteiger partial charge in [-0.25, -0.2) is 19.9 Å². The fourth-order valence-electron chi connectivity index (χ4n) is 7.18. The van der Waals surface area contributed by atoms with E-state index in [0.29, 0.717) is 18.2 Å². The lowest BCUT2D eigenvalue weighted by molar-refractivity contribution is 0.108. The molecule has 0 radical (unpaired) electrons. The van der Waals surface area contributed by atoms with Gasteiger partial charge in [0.25, 0.3) is 0 Å². The number of aryl methyl sites for hydroxylation is 4. The molecule has 8 rings (SSSR count). The lowest BCUT2D eigenvalue weighted by atomic mass is 9.92. The van der Waals surface area contributed by atoms with Gasteiger partial charge in [-0.2, -0.15) is 0 Å². The Bertz CT molecular complexity index is 1540. The van der Waals surface area contributed by atoms with E-state index in [0.717, 1.165) is 72.8 Å². The highest BCUT2D eigenvalue weighted by atomic mass is 32.1. The van der Waals surface area contributed by atoms with Crippen LogP contribution in [0.5, 0.6) is 11.8 Å². The molecule has 0 aliphatic heterocycles. The first-order valence-electron chi connectivity index (χ1n) is 15.8. The summed E-state index contributed by atoms with van der Waals surface area (Å²) in [5.41, 5.74) is 8.85. The van der Waals surface area contributed by atoms with Crippen molar-refractivity contribution in [2.24, 2.45) is 5.73 Å². The monoisotopic (exact) mass is 622 g/mol. The van der Waals surface area contributed by atoms with Gasteiger partial charge in [-0.15, -0.1) is 22.7 Å². The lowest BCUT2D eigenvalue weighted by Gasteiger charge is -2.32. The molecular formula is C33H46N6O2S2. The lowest BCUT2D eigenvalue weighted by Crippen LogP contribution is -2.35. The number of ether oxygens (including phenoxy) is 2. The quantitative estimate of drug-likeness (QED) is 0.257. The van der Waals surface area contributed by atoms with E-state index in [1.165, 1.54) is 70.2 Å². The van der Waals surface area contributed by atoms with Crippen LogP contribution in [-0.4, -0.2) is 63.2 Å². The van der Waals surface area contributed by atoms with E-state index < -0.39 is 0 Å². The molecule has 232 valence electrons. The number of hydrogen-bond acceptors (Lipinski definition) is 10. The SMILES string of the molecule is C.CN(C)C1CCC(Oc2ncnc3sc4c(c23)CCC4)CC1.NC1CCC(Oc2ncnc3sc4c(c23)CCC4)CC1. The average molecular weight is 623 g/mol. The number of thiophene rings is 2. The topological polar surface area (TPSA) is 99.3 Å². The van der Waals surface area contributed by atoms with Crippen LogP contribution >= 0.6 is 22.7 Å². The Morgan fingerprint density at radius 2 is 1.14 bits per heavy atom. The standard InChI is InChI=1S/C17H23N3OS.C15H19N3OS.CH4/c1-20(2)11-6-8-12(9-7-11)21-16-15-13-4-3-5-14(13)22-17(15)19-10-18-16;16-9-4-6-10(7-5-9)19-14-13-11-2-1-3-12(11)20-15(13)18-8-17-14;/h10-12H,3-9H2,1-2H3;8-10H,1-7,16H2;1H4. The van der Waals surface area contributed by atoms with Crippen LogP contribution in [0.3, 0.4) is 0 Å². The summed E-state index contributed by atoms with van der Waals surface area (Å²) >= 11 is 3.64. The van der Waals surface area contributed by atoms with Crippen LogP contribution in [0.4, 0.5) is 0 Å². The molecule has 4 aliphatic rings. The van der Waals surface area contributed by atoms with E-state index in [1.54, 1.807) is 12.7 Å². The third-order valence-corrected chi connectivity index (χ3v) is 12.0. The Hall–Kier alpha value is -2.40. The van der Waals surface area contributed by atoms with Crippen LogP contribution < -0.4 is 15.2 Å². The van der Waals surface area contributed by atoms with Crippen molar-refractivity contribution in [1.82, 2.24) is 24.8 Å². The van der Waals surface area contributed by atoms with Gasteiger partial charge < -0.3 is 20.1 Å². The summed E-state index contributed by atoms with van der Waals surface area (Å²) in [5, 5.41) is 2.38. The van der Waals surface area contributed by atoms with E-state index in [9.17, 15) is 0 Å². The Labute approximate surface area is 263 Å². The van der Waals surface area contributed by atoms with Crippen LogP contribution in [0.25, 0.3) is 20.4 Å². The maximum absolute atomic E-state index is 6.32. The fourth-order valence-corrected chi connectivity index (χ4v) is 9.62. The molecule has 4 aromatic heterocycles. The van der Waals surface area contributed by atoms with E-state index >= 15 is 0 Å². The summed E-state index contributed by atoms with van der Waals surface area (Å²) in [5.74, 6) is 1.63. The van der Waals surface area contributed by atoms with Gasteiger partial charge in [-0.3, -0.25) is 0 Å². The maximum atomic E-state index is 6.32. The second-order valence-electron chi connectivity index (χ2n) is 12.6. The predicted octanol–water partition coefficient (Wildman–Crippen LogP) is 6.90. The minimum absolute atomic E-state index is 0. The molecule has 0 amide bonds. The summed E-state index contributed by atoms with van der Waals surface area (Å²) in [4.78, 5) is 25.3. The molecule has 2 N–H and O–H groups in total. The molecule has 2 fully saturated rings. The molecule has 4 aromatic rings. The third kappa shape index (κ3) is 6.39. The summed E-state index contributed by atoms with van der Waals surface area (Å²) in [7, 11) is 4.35.